The molecular formula is C22H18F4N4O2. The number of halogens is 4. The zero-order valence-electron chi connectivity index (χ0n) is 17.0. The van der Waals surface area contributed by atoms with Crippen molar-refractivity contribution in [2.75, 3.05) is 17.7 Å². The molecule has 2 amide bonds. The van der Waals surface area contributed by atoms with Gasteiger partial charge in [-0.05, 0) is 43.3 Å². The second-order valence-corrected chi connectivity index (χ2v) is 6.87. The zero-order chi connectivity index (χ0) is 23.5. The number of nitrogens with one attached hydrogen (secondary N) is 3. The van der Waals surface area contributed by atoms with E-state index in [0.717, 1.165) is 5.56 Å². The Balaban J connectivity index is 1.97. The van der Waals surface area contributed by atoms with Crippen LogP contribution in [-0.2, 0) is 6.18 Å². The standard InChI is InChI=1S/C22H18F4N4O2/c1-12-3-5-17(6-4-12)29-19-18(9-14(11-28-19)20(31)27-2)30-21(32)13-7-15(22(24,25)26)10-16(23)8-13/h3-11H,1-2H3,(H,27,31)(H,28,29)(H,30,32). The Bertz CT molecular complexity index is 1160. The second-order valence-electron chi connectivity index (χ2n) is 6.87. The van der Waals surface area contributed by atoms with Crippen LogP contribution in [0.1, 0.15) is 31.8 Å². The van der Waals surface area contributed by atoms with Gasteiger partial charge in [-0.25, -0.2) is 9.37 Å². The third kappa shape index (κ3) is 5.39. The van der Waals surface area contributed by atoms with Crippen molar-refractivity contribution in [1.82, 2.24) is 10.3 Å². The van der Waals surface area contributed by atoms with E-state index in [1.54, 1.807) is 12.1 Å². The van der Waals surface area contributed by atoms with Crippen molar-refractivity contribution in [2.24, 2.45) is 0 Å². The Kier molecular flexibility index (Phi) is 6.42. The van der Waals surface area contributed by atoms with E-state index in [2.05, 4.69) is 20.9 Å². The number of benzene rings is 2. The lowest BCUT2D eigenvalue weighted by Crippen LogP contribution is -2.20. The predicted octanol–water partition coefficient (Wildman–Crippen LogP) is 4.90. The zero-order valence-corrected chi connectivity index (χ0v) is 17.0. The predicted molar refractivity (Wildman–Crippen MR) is 111 cm³/mol. The lowest BCUT2D eigenvalue weighted by Gasteiger charge is -2.14. The van der Waals surface area contributed by atoms with E-state index in [9.17, 15) is 27.2 Å². The van der Waals surface area contributed by atoms with Crippen LogP contribution in [0.2, 0.25) is 0 Å². The van der Waals surface area contributed by atoms with Crippen LogP contribution in [0.15, 0.2) is 54.7 Å². The maximum absolute atomic E-state index is 13.7. The summed E-state index contributed by atoms with van der Waals surface area (Å²) in [6.45, 7) is 1.90. The summed E-state index contributed by atoms with van der Waals surface area (Å²) in [4.78, 5) is 28.8. The Morgan fingerprint density at radius 3 is 2.25 bits per heavy atom. The molecule has 0 aliphatic carbocycles. The van der Waals surface area contributed by atoms with Crippen LogP contribution in [0.3, 0.4) is 0 Å². The van der Waals surface area contributed by atoms with E-state index in [1.165, 1.54) is 19.3 Å². The highest BCUT2D eigenvalue weighted by molar-refractivity contribution is 6.07. The molecule has 0 saturated heterocycles. The van der Waals surface area contributed by atoms with Gasteiger partial charge in [-0.1, -0.05) is 17.7 Å². The Hall–Kier alpha value is -3.95. The first kappa shape index (κ1) is 22.7. The average molecular weight is 446 g/mol. The number of hydrogen-bond donors (Lipinski definition) is 3. The molecule has 2 aromatic carbocycles. The fraction of sp³-hybridized carbons (Fsp3) is 0.136. The topological polar surface area (TPSA) is 83.1 Å². The molecule has 166 valence electrons. The fourth-order valence-electron chi connectivity index (χ4n) is 2.78. The molecule has 0 saturated carbocycles. The number of alkyl halides is 3. The van der Waals surface area contributed by atoms with Gasteiger partial charge in [0.1, 0.15) is 5.82 Å². The molecule has 0 aliphatic heterocycles. The van der Waals surface area contributed by atoms with Crippen LogP contribution in [0.25, 0.3) is 0 Å². The molecule has 3 N–H and O–H groups in total. The smallest absolute Gasteiger partial charge is 0.355 e. The first-order chi connectivity index (χ1) is 15.1. The van der Waals surface area contributed by atoms with Crippen LogP contribution in [0.5, 0.6) is 0 Å². The first-order valence-corrected chi connectivity index (χ1v) is 9.32. The number of amides is 2. The van der Waals surface area contributed by atoms with Gasteiger partial charge in [0.25, 0.3) is 11.8 Å². The number of rotatable bonds is 5. The van der Waals surface area contributed by atoms with Crippen LogP contribution in [0, 0.1) is 12.7 Å². The second kappa shape index (κ2) is 9.04. The third-order valence-electron chi connectivity index (χ3n) is 4.43. The number of aryl methyl sites for hydroxylation is 1. The fourth-order valence-corrected chi connectivity index (χ4v) is 2.78. The van der Waals surface area contributed by atoms with Crippen molar-refractivity contribution >= 4 is 29.0 Å². The number of carbonyl (C=O) groups is 2. The summed E-state index contributed by atoms with van der Waals surface area (Å²) in [5.74, 6) is -2.56. The SMILES string of the molecule is CNC(=O)c1cnc(Nc2ccc(C)cc2)c(NC(=O)c2cc(F)cc(C(F)(F)F)c2)c1. The van der Waals surface area contributed by atoms with Crippen LogP contribution in [0.4, 0.5) is 34.8 Å². The maximum Gasteiger partial charge on any atom is 0.416 e. The first-order valence-electron chi connectivity index (χ1n) is 9.32. The highest BCUT2D eigenvalue weighted by Gasteiger charge is 2.32. The van der Waals surface area contributed by atoms with E-state index in [-0.39, 0.29) is 17.1 Å². The van der Waals surface area contributed by atoms with Crippen LogP contribution in [-0.4, -0.2) is 23.8 Å². The summed E-state index contributed by atoms with van der Waals surface area (Å²) >= 11 is 0. The molecule has 1 heterocycles. The summed E-state index contributed by atoms with van der Waals surface area (Å²) in [5, 5.41) is 7.80. The van der Waals surface area contributed by atoms with Gasteiger partial charge in [0.05, 0.1) is 16.8 Å². The minimum atomic E-state index is -4.82. The van der Waals surface area contributed by atoms with Gasteiger partial charge in [0, 0.05) is 24.5 Å². The van der Waals surface area contributed by atoms with Gasteiger partial charge in [0.2, 0.25) is 0 Å². The third-order valence-corrected chi connectivity index (χ3v) is 4.43. The molecule has 0 unspecified atom stereocenters. The van der Waals surface area contributed by atoms with E-state index < -0.39 is 34.9 Å². The summed E-state index contributed by atoms with van der Waals surface area (Å²) in [6.07, 6.45) is -3.55. The monoisotopic (exact) mass is 446 g/mol. The van der Waals surface area contributed by atoms with Gasteiger partial charge < -0.3 is 16.0 Å². The molecule has 3 aromatic rings. The maximum atomic E-state index is 13.7. The normalized spacial score (nSPS) is 11.1. The molecular weight excluding hydrogens is 428 g/mol. The van der Waals surface area contributed by atoms with E-state index in [1.807, 2.05) is 19.1 Å². The highest BCUT2D eigenvalue weighted by Crippen LogP contribution is 2.31. The number of carbonyl (C=O) groups excluding carboxylic acids is 2. The highest BCUT2D eigenvalue weighted by atomic mass is 19.4. The Morgan fingerprint density at radius 1 is 0.938 bits per heavy atom. The largest absolute Gasteiger partial charge is 0.416 e. The molecule has 0 atom stereocenters. The lowest BCUT2D eigenvalue weighted by atomic mass is 10.1. The number of anilines is 3. The summed E-state index contributed by atoms with van der Waals surface area (Å²) in [7, 11) is 1.41. The molecule has 10 heteroatoms. The minimum absolute atomic E-state index is 0.0227. The van der Waals surface area contributed by atoms with E-state index >= 15 is 0 Å². The number of hydrogen-bond acceptors (Lipinski definition) is 4. The van der Waals surface area contributed by atoms with Gasteiger partial charge in [-0.15, -0.1) is 0 Å². The lowest BCUT2D eigenvalue weighted by molar-refractivity contribution is -0.137. The number of aromatic nitrogens is 1. The van der Waals surface area contributed by atoms with Crippen molar-refractivity contribution < 1.29 is 27.2 Å². The molecule has 0 bridgehead atoms. The molecule has 1 aromatic heterocycles. The van der Waals surface area contributed by atoms with Crippen LogP contribution >= 0.6 is 0 Å². The summed E-state index contributed by atoms with van der Waals surface area (Å²) in [5.41, 5.74) is -0.0706. The number of pyridine rings is 1. The average Bonchev–Trinajstić information content (AvgIpc) is 2.74. The molecule has 0 fully saturated rings. The van der Waals surface area contributed by atoms with Crippen molar-refractivity contribution in [1.29, 1.82) is 0 Å². The van der Waals surface area contributed by atoms with Gasteiger partial charge >= 0.3 is 6.18 Å². The molecule has 0 aliphatic rings. The molecule has 32 heavy (non-hydrogen) atoms. The van der Waals surface area contributed by atoms with E-state index in [4.69, 9.17) is 0 Å². The molecule has 0 spiro atoms. The summed E-state index contributed by atoms with van der Waals surface area (Å²) < 4.78 is 52.7. The molecule has 3 rings (SSSR count). The van der Waals surface area contributed by atoms with Crippen molar-refractivity contribution in [3.63, 3.8) is 0 Å². The van der Waals surface area contributed by atoms with Gasteiger partial charge in [-0.3, -0.25) is 9.59 Å². The molecule has 6 nitrogen and oxygen atoms in total. The van der Waals surface area contributed by atoms with Crippen molar-refractivity contribution in [2.45, 2.75) is 13.1 Å². The van der Waals surface area contributed by atoms with Crippen molar-refractivity contribution in [3.05, 3.63) is 82.8 Å². The Labute approximate surface area is 180 Å². The Morgan fingerprint density at radius 2 is 1.62 bits per heavy atom. The van der Waals surface area contributed by atoms with Crippen LogP contribution < -0.4 is 16.0 Å². The number of nitrogens with zero attached hydrogens (tertiary/aromatic N) is 1. The summed E-state index contributed by atoms with van der Waals surface area (Å²) in [6, 6.07) is 10.0. The van der Waals surface area contributed by atoms with Gasteiger partial charge in [0.15, 0.2) is 5.82 Å². The van der Waals surface area contributed by atoms with Crippen molar-refractivity contribution in [3.8, 4) is 0 Å². The van der Waals surface area contributed by atoms with E-state index in [0.29, 0.717) is 23.9 Å². The quantitative estimate of drug-likeness (QED) is 0.487. The van der Waals surface area contributed by atoms with Gasteiger partial charge in [-0.2, -0.15) is 13.2 Å². The minimum Gasteiger partial charge on any atom is -0.355 e. The molecule has 0 radical (unpaired) electrons.